The van der Waals surface area contributed by atoms with E-state index in [1.807, 2.05) is 0 Å². The number of urea groups is 1. The highest BCUT2D eigenvalue weighted by Crippen LogP contribution is 2.16. The van der Waals surface area contributed by atoms with Crippen LogP contribution in [0.5, 0.6) is 0 Å². The number of aliphatic carboxylic acids is 1. The number of alkyl halides is 2. The number of amides is 2. The lowest BCUT2D eigenvalue weighted by molar-refractivity contribution is -0.143. The second-order valence-corrected chi connectivity index (χ2v) is 4.32. The molecule has 6 nitrogen and oxygen atoms in total. The molecule has 0 aromatic heterocycles. The van der Waals surface area contributed by atoms with E-state index in [0.29, 0.717) is 19.4 Å². The molecular formula is C11H18F2N2O4. The van der Waals surface area contributed by atoms with Gasteiger partial charge in [0.2, 0.25) is 0 Å². The molecule has 2 amide bonds. The third-order valence-corrected chi connectivity index (χ3v) is 2.82. The minimum absolute atomic E-state index is 0.00623. The van der Waals surface area contributed by atoms with Crippen molar-refractivity contribution in [2.45, 2.75) is 19.3 Å². The fraction of sp³-hybridized carbons (Fsp3) is 0.818. The maximum Gasteiger partial charge on any atom is 0.317 e. The molecule has 8 heteroatoms. The van der Waals surface area contributed by atoms with Gasteiger partial charge in [-0.05, 0) is 12.8 Å². The molecule has 110 valence electrons. The SMILES string of the molecule is O=C(O)[C@H]1CCCN(C(=O)NCCOCC(F)F)C1. The van der Waals surface area contributed by atoms with E-state index < -0.39 is 24.9 Å². The Bertz CT molecular complexity index is 315. The summed E-state index contributed by atoms with van der Waals surface area (Å²) in [7, 11) is 0. The average molecular weight is 280 g/mol. The lowest BCUT2D eigenvalue weighted by atomic mass is 9.99. The zero-order valence-electron chi connectivity index (χ0n) is 10.5. The molecule has 19 heavy (non-hydrogen) atoms. The summed E-state index contributed by atoms with van der Waals surface area (Å²) in [5, 5.41) is 11.4. The second-order valence-electron chi connectivity index (χ2n) is 4.32. The number of carboxylic acids is 1. The zero-order valence-corrected chi connectivity index (χ0v) is 10.5. The summed E-state index contributed by atoms with van der Waals surface area (Å²) in [6.07, 6.45) is -1.31. The fourth-order valence-corrected chi connectivity index (χ4v) is 1.88. The number of carbonyl (C=O) groups excluding carboxylic acids is 1. The Morgan fingerprint density at radius 1 is 1.47 bits per heavy atom. The minimum atomic E-state index is -2.52. The van der Waals surface area contributed by atoms with E-state index in [2.05, 4.69) is 10.1 Å². The number of ether oxygens (including phenoxy) is 1. The van der Waals surface area contributed by atoms with Gasteiger partial charge in [-0.15, -0.1) is 0 Å². The van der Waals surface area contributed by atoms with Crippen LogP contribution in [0.2, 0.25) is 0 Å². The molecule has 1 aliphatic rings. The first-order chi connectivity index (χ1) is 9.00. The van der Waals surface area contributed by atoms with Crippen molar-refractivity contribution in [1.29, 1.82) is 0 Å². The van der Waals surface area contributed by atoms with Crippen LogP contribution in [0, 0.1) is 5.92 Å². The summed E-state index contributed by atoms with van der Waals surface area (Å²) in [5.41, 5.74) is 0. The standard InChI is InChI=1S/C11H18F2N2O4/c12-9(13)7-19-5-3-14-11(18)15-4-1-2-8(6-15)10(16)17/h8-9H,1-7H2,(H,14,18)(H,16,17)/t8-/m0/s1. The Labute approximate surface area is 109 Å². The lowest BCUT2D eigenvalue weighted by Crippen LogP contribution is -2.47. The summed E-state index contributed by atoms with van der Waals surface area (Å²) in [5.74, 6) is -1.44. The highest BCUT2D eigenvalue weighted by Gasteiger charge is 2.27. The second kappa shape index (κ2) is 7.88. The number of rotatable bonds is 6. The Kier molecular flexibility index (Phi) is 6.48. The van der Waals surface area contributed by atoms with Crippen LogP contribution in [0.3, 0.4) is 0 Å². The van der Waals surface area contributed by atoms with Gasteiger partial charge in [-0.1, -0.05) is 0 Å². The van der Waals surface area contributed by atoms with E-state index in [-0.39, 0.29) is 25.7 Å². The molecule has 0 aromatic rings. The Morgan fingerprint density at radius 2 is 2.21 bits per heavy atom. The molecule has 0 unspecified atom stereocenters. The van der Waals surface area contributed by atoms with Crippen LogP contribution >= 0.6 is 0 Å². The maximum atomic E-state index is 11.8. The predicted molar refractivity (Wildman–Crippen MR) is 62.2 cm³/mol. The van der Waals surface area contributed by atoms with Gasteiger partial charge in [0.05, 0.1) is 12.5 Å². The van der Waals surface area contributed by atoms with Crippen molar-refractivity contribution in [2.24, 2.45) is 5.92 Å². The van der Waals surface area contributed by atoms with Crippen molar-refractivity contribution in [1.82, 2.24) is 10.2 Å². The number of nitrogens with one attached hydrogen (secondary N) is 1. The van der Waals surface area contributed by atoms with Gasteiger partial charge >= 0.3 is 12.0 Å². The van der Waals surface area contributed by atoms with Gasteiger partial charge in [0, 0.05) is 19.6 Å². The van der Waals surface area contributed by atoms with E-state index in [0.717, 1.165) is 0 Å². The summed E-state index contributed by atoms with van der Waals surface area (Å²) >= 11 is 0. The van der Waals surface area contributed by atoms with Gasteiger partial charge in [0.15, 0.2) is 0 Å². The van der Waals surface area contributed by atoms with Crippen LogP contribution in [0.15, 0.2) is 0 Å². The van der Waals surface area contributed by atoms with Crippen molar-refractivity contribution < 1.29 is 28.2 Å². The van der Waals surface area contributed by atoms with Gasteiger partial charge in [-0.3, -0.25) is 4.79 Å². The number of carbonyl (C=O) groups is 2. The molecule has 1 atom stereocenters. The number of halogens is 2. The number of hydrogen-bond acceptors (Lipinski definition) is 3. The van der Waals surface area contributed by atoms with E-state index in [1.165, 1.54) is 4.90 Å². The van der Waals surface area contributed by atoms with Crippen molar-refractivity contribution in [2.75, 3.05) is 32.8 Å². The monoisotopic (exact) mass is 280 g/mol. The van der Waals surface area contributed by atoms with Gasteiger partial charge in [0.1, 0.15) is 6.61 Å². The van der Waals surface area contributed by atoms with Gasteiger partial charge in [-0.2, -0.15) is 0 Å². The number of piperidine rings is 1. The van der Waals surface area contributed by atoms with Crippen LogP contribution in [0.25, 0.3) is 0 Å². The molecule has 1 saturated heterocycles. The Hall–Kier alpha value is -1.44. The first-order valence-electron chi connectivity index (χ1n) is 6.12. The third kappa shape index (κ3) is 5.82. The summed E-state index contributed by atoms with van der Waals surface area (Å²) in [4.78, 5) is 23.9. The van der Waals surface area contributed by atoms with Crippen LogP contribution in [0.4, 0.5) is 13.6 Å². The molecule has 0 aromatic carbocycles. The fourth-order valence-electron chi connectivity index (χ4n) is 1.88. The predicted octanol–water partition coefficient (Wildman–Crippen LogP) is 0.774. The summed E-state index contributed by atoms with van der Waals surface area (Å²) in [6.45, 7) is 0.166. The van der Waals surface area contributed by atoms with E-state index >= 15 is 0 Å². The molecule has 0 aliphatic carbocycles. The number of nitrogens with zero attached hydrogens (tertiary/aromatic N) is 1. The molecule has 1 fully saturated rings. The first-order valence-corrected chi connectivity index (χ1v) is 6.12. The highest BCUT2D eigenvalue weighted by molar-refractivity contribution is 5.76. The molecule has 1 heterocycles. The average Bonchev–Trinajstić information content (AvgIpc) is 2.37. The van der Waals surface area contributed by atoms with Crippen LogP contribution in [-0.2, 0) is 9.53 Å². The summed E-state index contributed by atoms with van der Waals surface area (Å²) < 4.78 is 28.1. The lowest BCUT2D eigenvalue weighted by Gasteiger charge is -2.30. The third-order valence-electron chi connectivity index (χ3n) is 2.82. The smallest absolute Gasteiger partial charge is 0.317 e. The molecule has 0 bridgehead atoms. The quantitative estimate of drug-likeness (QED) is 0.705. The summed E-state index contributed by atoms with van der Waals surface area (Å²) in [6, 6.07) is -0.383. The Balaban J connectivity index is 2.20. The normalized spacial score (nSPS) is 19.5. The first kappa shape index (κ1) is 15.6. The van der Waals surface area contributed by atoms with Crippen molar-refractivity contribution >= 4 is 12.0 Å². The highest BCUT2D eigenvalue weighted by atomic mass is 19.3. The number of carboxylic acid groups (broad SMARTS) is 1. The maximum absolute atomic E-state index is 11.8. The van der Waals surface area contributed by atoms with Crippen LogP contribution < -0.4 is 5.32 Å². The van der Waals surface area contributed by atoms with Crippen molar-refractivity contribution in [3.8, 4) is 0 Å². The number of hydrogen-bond donors (Lipinski definition) is 2. The molecule has 1 rings (SSSR count). The number of likely N-dealkylation sites (tertiary alicyclic amines) is 1. The largest absolute Gasteiger partial charge is 0.481 e. The Morgan fingerprint density at radius 3 is 2.84 bits per heavy atom. The molecule has 1 aliphatic heterocycles. The molecule has 0 saturated carbocycles. The molecule has 2 N–H and O–H groups in total. The topological polar surface area (TPSA) is 78.9 Å². The van der Waals surface area contributed by atoms with Crippen molar-refractivity contribution in [3.05, 3.63) is 0 Å². The van der Waals surface area contributed by atoms with E-state index in [9.17, 15) is 18.4 Å². The van der Waals surface area contributed by atoms with Gasteiger partial charge in [0.25, 0.3) is 6.43 Å². The van der Waals surface area contributed by atoms with E-state index in [1.54, 1.807) is 0 Å². The van der Waals surface area contributed by atoms with Gasteiger partial charge < -0.3 is 20.1 Å². The molecule has 0 radical (unpaired) electrons. The van der Waals surface area contributed by atoms with Crippen LogP contribution in [-0.4, -0.2) is 61.3 Å². The molecule has 0 spiro atoms. The van der Waals surface area contributed by atoms with Crippen LogP contribution in [0.1, 0.15) is 12.8 Å². The zero-order chi connectivity index (χ0) is 14.3. The van der Waals surface area contributed by atoms with Gasteiger partial charge in [-0.25, -0.2) is 13.6 Å². The van der Waals surface area contributed by atoms with E-state index in [4.69, 9.17) is 5.11 Å². The minimum Gasteiger partial charge on any atom is -0.481 e. The van der Waals surface area contributed by atoms with Crippen molar-refractivity contribution in [3.63, 3.8) is 0 Å². The molecular weight excluding hydrogens is 262 g/mol.